The van der Waals surface area contributed by atoms with Crippen LogP contribution in [0.15, 0.2) is 58.4 Å². The predicted octanol–water partition coefficient (Wildman–Crippen LogP) is 3.42. The molecule has 1 aliphatic heterocycles. The van der Waals surface area contributed by atoms with Crippen LogP contribution in [0.1, 0.15) is 36.0 Å². The maximum atomic E-state index is 11.6. The number of fused-ring (bicyclic) bond motifs is 1. The maximum Gasteiger partial charge on any atom is 0.370 e. The van der Waals surface area contributed by atoms with Crippen LogP contribution in [0.2, 0.25) is 0 Å². The summed E-state index contributed by atoms with van der Waals surface area (Å²) >= 11 is 0. The Hall–Kier alpha value is -4.14. The summed E-state index contributed by atoms with van der Waals surface area (Å²) in [6, 6.07) is 11.1. The number of phenols is 1. The number of nitrogens with zero attached hydrogens (tertiary/aromatic N) is 2. The third-order valence-corrected chi connectivity index (χ3v) is 5.68. The Morgan fingerprint density at radius 2 is 1.97 bits per heavy atom. The van der Waals surface area contributed by atoms with Crippen molar-refractivity contribution in [2.24, 2.45) is 10.2 Å². The molecular formula is C24H24N4O5. The number of hydrogen-bond donors (Lipinski definition) is 4. The summed E-state index contributed by atoms with van der Waals surface area (Å²) < 4.78 is 5.14. The highest BCUT2D eigenvalue weighted by Crippen LogP contribution is 2.36. The lowest BCUT2D eigenvalue weighted by molar-refractivity contribution is -0.136. The van der Waals surface area contributed by atoms with E-state index in [4.69, 9.17) is 9.84 Å². The molecule has 1 heterocycles. The largest absolute Gasteiger partial charge is 0.505 e. The van der Waals surface area contributed by atoms with E-state index in [9.17, 15) is 14.7 Å². The molecular weight excluding hydrogens is 424 g/mol. The second-order valence-corrected chi connectivity index (χ2v) is 7.87. The minimum absolute atomic E-state index is 0.0609. The van der Waals surface area contributed by atoms with Crippen molar-refractivity contribution in [2.45, 2.75) is 32.1 Å². The number of aldehydes is 1. The van der Waals surface area contributed by atoms with Gasteiger partial charge < -0.3 is 14.9 Å². The van der Waals surface area contributed by atoms with Crippen molar-refractivity contribution < 1.29 is 24.5 Å². The Balaban J connectivity index is 1.47. The van der Waals surface area contributed by atoms with Crippen molar-refractivity contribution >= 4 is 35.1 Å². The number of carbonyl (C=O) groups excluding carboxylic acids is 1. The summed E-state index contributed by atoms with van der Waals surface area (Å²) in [5.41, 5.74) is 10.4. The lowest BCUT2D eigenvalue weighted by Gasteiger charge is -2.12. The lowest BCUT2D eigenvalue weighted by Crippen LogP contribution is -2.16. The fourth-order valence-electron chi connectivity index (χ4n) is 3.88. The molecule has 2 aromatic carbocycles. The number of nitrogens with one attached hydrogen (secondary N) is 2. The van der Waals surface area contributed by atoms with Gasteiger partial charge in [0.2, 0.25) is 5.76 Å². The van der Waals surface area contributed by atoms with Crippen molar-refractivity contribution in [3.05, 3.63) is 64.9 Å². The van der Waals surface area contributed by atoms with E-state index >= 15 is 0 Å². The number of aromatic hydroxyl groups is 1. The van der Waals surface area contributed by atoms with Crippen LogP contribution in [0.25, 0.3) is 0 Å². The van der Waals surface area contributed by atoms with Gasteiger partial charge in [-0.05, 0) is 61.6 Å². The van der Waals surface area contributed by atoms with E-state index in [2.05, 4.69) is 33.2 Å². The smallest absolute Gasteiger partial charge is 0.370 e. The Bertz CT molecular complexity index is 1190. The molecule has 2 aliphatic rings. The molecule has 4 N–H and O–H groups in total. The van der Waals surface area contributed by atoms with E-state index in [1.165, 1.54) is 17.2 Å². The topological polar surface area (TPSA) is 133 Å². The van der Waals surface area contributed by atoms with E-state index < -0.39 is 11.9 Å². The van der Waals surface area contributed by atoms with Gasteiger partial charge in [0.25, 0.3) is 0 Å². The summed E-state index contributed by atoms with van der Waals surface area (Å²) in [7, 11) is 0. The number of aryl methyl sites for hydroxylation is 2. The number of rotatable bonds is 8. The van der Waals surface area contributed by atoms with E-state index in [1.807, 2.05) is 6.07 Å². The minimum Gasteiger partial charge on any atom is -0.505 e. The van der Waals surface area contributed by atoms with Crippen LogP contribution in [0.5, 0.6) is 5.75 Å². The first-order chi connectivity index (χ1) is 16.0. The summed E-state index contributed by atoms with van der Waals surface area (Å²) in [5, 5.41) is 28.0. The van der Waals surface area contributed by atoms with Gasteiger partial charge in [-0.3, -0.25) is 15.6 Å². The van der Waals surface area contributed by atoms with E-state index in [0.29, 0.717) is 17.6 Å². The summed E-state index contributed by atoms with van der Waals surface area (Å²) in [5.74, 6) is -1.82. The van der Waals surface area contributed by atoms with Crippen molar-refractivity contribution in [3.63, 3.8) is 0 Å². The van der Waals surface area contributed by atoms with Gasteiger partial charge in [0, 0.05) is 11.5 Å². The van der Waals surface area contributed by atoms with Crippen LogP contribution < -0.4 is 10.9 Å². The highest BCUT2D eigenvalue weighted by molar-refractivity contribution is 6.61. The zero-order chi connectivity index (χ0) is 23.4. The fraction of sp³-hybridized carbons (Fsp3) is 0.250. The van der Waals surface area contributed by atoms with Crippen LogP contribution in [0, 0.1) is 0 Å². The molecule has 0 radical (unpaired) electrons. The normalized spacial score (nSPS) is 17.7. The molecule has 0 aromatic heterocycles. The fourth-order valence-corrected chi connectivity index (χ4v) is 3.88. The molecule has 0 saturated heterocycles. The van der Waals surface area contributed by atoms with E-state index in [0.717, 1.165) is 24.9 Å². The predicted molar refractivity (Wildman–Crippen MR) is 125 cm³/mol. The van der Waals surface area contributed by atoms with Crippen molar-refractivity contribution in [1.82, 2.24) is 0 Å². The van der Waals surface area contributed by atoms with Crippen molar-refractivity contribution in [1.29, 1.82) is 0 Å². The van der Waals surface area contributed by atoms with Crippen molar-refractivity contribution in [2.75, 3.05) is 17.5 Å². The molecule has 0 spiro atoms. The number of ether oxygens (including phenoxy) is 1. The molecule has 1 aliphatic carbocycles. The number of para-hydroxylation sites is 1. The molecule has 1 atom stereocenters. The van der Waals surface area contributed by atoms with Gasteiger partial charge in [-0.2, -0.15) is 10.2 Å². The second kappa shape index (κ2) is 9.56. The Kier molecular flexibility index (Phi) is 6.39. The van der Waals surface area contributed by atoms with Crippen LogP contribution in [-0.2, 0) is 27.2 Å². The summed E-state index contributed by atoms with van der Waals surface area (Å²) in [4.78, 5) is 22.6. The van der Waals surface area contributed by atoms with Gasteiger partial charge in [-0.15, -0.1) is 0 Å². The zero-order valence-corrected chi connectivity index (χ0v) is 18.0. The molecule has 4 rings (SSSR count). The standard InChI is InChI=1S/C24H24N4O5/c1-14(25-26-18-9-8-15-4-2-5-16(15)10-18)21(12-29)28-27-20-7-3-6-19(23(20)30)17-11-22(24(31)32)33-13-17/h3,6-12,17,26-27,30H,2,4-5,13H2,1H3,(H,31,32)/b25-14-,28-21+. The monoisotopic (exact) mass is 448 g/mol. The van der Waals surface area contributed by atoms with Gasteiger partial charge in [0.1, 0.15) is 11.5 Å². The lowest BCUT2D eigenvalue weighted by atomic mass is 9.98. The quantitative estimate of drug-likeness (QED) is 0.210. The average Bonchev–Trinajstić information content (AvgIpc) is 3.48. The van der Waals surface area contributed by atoms with Gasteiger partial charge in [0.15, 0.2) is 6.29 Å². The summed E-state index contributed by atoms with van der Waals surface area (Å²) in [6.07, 6.45) is 5.34. The molecule has 1 unspecified atom stereocenters. The number of phenolic OH excluding ortho intramolecular Hbond substituents is 1. The van der Waals surface area contributed by atoms with Crippen molar-refractivity contribution in [3.8, 4) is 5.75 Å². The first-order valence-corrected chi connectivity index (χ1v) is 10.6. The average molecular weight is 448 g/mol. The molecule has 170 valence electrons. The number of carbonyl (C=O) groups is 2. The van der Waals surface area contributed by atoms with E-state index in [1.54, 1.807) is 25.1 Å². The minimum atomic E-state index is -1.16. The highest BCUT2D eigenvalue weighted by atomic mass is 16.5. The second-order valence-electron chi connectivity index (χ2n) is 7.87. The molecule has 2 aromatic rings. The number of carboxylic acid groups (broad SMARTS) is 1. The Morgan fingerprint density at radius 3 is 2.73 bits per heavy atom. The third kappa shape index (κ3) is 4.87. The maximum absolute atomic E-state index is 11.6. The molecule has 0 bridgehead atoms. The highest BCUT2D eigenvalue weighted by Gasteiger charge is 2.26. The van der Waals surface area contributed by atoms with Crippen LogP contribution in [0.3, 0.4) is 0 Å². The van der Waals surface area contributed by atoms with Gasteiger partial charge in [-0.1, -0.05) is 18.2 Å². The summed E-state index contributed by atoms with van der Waals surface area (Å²) in [6.45, 7) is 1.77. The molecule has 0 amide bonds. The van der Waals surface area contributed by atoms with Crippen LogP contribution >= 0.6 is 0 Å². The molecule has 9 heteroatoms. The zero-order valence-electron chi connectivity index (χ0n) is 18.0. The number of benzene rings is 2. The Morgan fingerprint density at radius 1 is 1.15 bits per heavy atom. The van der Waals surface area contributed by atoms with E-state index in [-0.39, 0.29) is 29.5 Å². The van der Waals surface area contributed by atoms with Crippen LogP contribution in [0.4, 0.5) is 11.4 Å². The molecule has 33 heavy (non-hydrogen) atoms. The third-order valence-electron chi connectivity index (χ3n) is 5.68. The number of hydrazone groups is 2. The molecule has 0 saturated carbocycles. The van der Waals surface area contributed by atoms with Gasteiger partial charge >= 0.3 is 5.97 Å². The number of anilines is 2. The number of hydrogen-bond acceptors (Lipinski definition) is 8. The SMILES string of the molecule is CC(=N/Nc1ccc2c(c1)CCC2)/C(C=O)=N/Nc1cccc(C2C=C(C(=O)O)OC2)c1O. The Labute approximate surface area is 190 Å². The first-order valence-electron chi connectivity index (χ1n) is 10.6. The van der Waals surface area contributed by atoms with Gasteiger partial charge in [-0.25, -0.2) is 4.79 Å². The van der Waals surface area contributed by atoms with Crippen LogP contribution in [-0.4, -0.2) is 40.5 Å². The molecule has 9 nitrogen and oxygen atoms in total. The number of aliphatic carboxylic acids is 1. The number of carboxylic acids is 1. The first kappa shape index (κ1) is 22.1. The van der Waals surface area contributed by atoms with Gasteiger partial charge in [0.05, 0.1) is 23.7 Å². The molecule has 0 fully saturated rings.